The first-order valence-corrected chi connectivity index (χ1v) is 5.29. The van der Waals surface area contributed by atoms with E-state index in [2.05, 4.69) is 0 Å². The number of amides is 2. The molecule has 2 rings (SSSR count). The van der Waals surface area contributed by atoms with Crippen molar-refractivity contribution in [2.24, 2.45) is 5.92 Å². The van der Waals surface area contributed by atoms with Crippen molar-refractivity contribution in [1.82, 2.24) is 4.90 Å². The first-order valence-electron chi connectivity index (χ1n) is 5.29. The van der Waals surface area contributed by atoms with Gasteiger partial charge < -0.3 is 9.84 Å². The highest BCUT2D eigenvalue weighted by Gasteiger charge is 2.39. The molecule has 16 heavy (non-hydrogen) atoms. The zero-order valence-corrected chi connectivity index (χ0v) is 8.72. The van der Waals surface area contributed by atoms with E-state index in [1.54, 1.807) is 0 Å². The number of nitrogens with zero attached hydrogens (tertiary/aromatic N) is 1. The summed E-state index contributed by atoms with van der Waals surface area (Å²) in [5.74, 6) is -1.95. The fourth-order valence-electron chi connectivity index (χ4n) is 2.09. The third kappa shape index (κ3) is 1.92. The fraction of sp³-hybridized carbons (Fsp3) is 0.700. The standard InChI is InChI=1S/C10H13NO5/c12-7-1-2-8(13)11(7)9-5-6(10(14)15)3-4-16-9/h6,9H,1-5H2,(H,14,15). The van der Waals surface area contributed by atoms with Gasteiger partial charge in [-0.1, -0.05) is 0 Å². The van der Waals surface area contributed by atoms with Crippen LogP contribution in [0.1, 0.15) is 25.7 Å². The zero-order valence-electron chi connectivity index (χ0n) is 8.72. The van der Waals surface area contributed by atoms with E-state index in [1.807, 2.05) is 0 Å². The van der Waals surface area contributed by atoms with Crippen molar-refractivity contribution in [3.63, 3.8) is 0 Å². The minimum atomic E-state index is -0.896. The van der Waals surface area contributed by atoms with E-state index in [0.29, 0.717) is 6.42 Å². The predicted octanol–water partition coefficient (Wildman–Crippen LogP) is -0.0273. The number of carbonyl (C=O) groups excluding carboxylic acids is 2. The molecule has 2 unspecified atom stereocenters. The molecule has 88 valence electrons. The molecule has 1 N–H and O–H groups in total. The van der Waals surface area contributed by atoms with Crippen LogP contribution >= 0.6 is 0 Å². The summed E-state index contributed by atoms with van der Waals surface area (Å²) in [6.45, 7) is 0.276. The van der Waals surface area contributed by atoms with Crippen LogP contribution in [0.3, 0.4) is 0 Å². The fourth-order valence-corrected chi connectivity index (χ4v) is 2.09. The molecule has 2 aliphatic rings. The predicted molar refractivity (Wildman–Crippen MR) is 51.2 cm³/mol. The van der Waals surface area contributed by atoms with Crippen molar-refractivity contribution in [3.8, 4) is 0 Å². The molecular formula is C10H13NO5. The van der Waals surface area contributed by atoms with Crippen LogP contribution in [0.4, 0.5) is 0 Å². The van der Waals surface area contributed by atoms with Crippen LogP contribution in [0, 0.1) is 5.92 Å². The van der Waals surface area contributed by atoms with Crippen molar-refractivity contribution < 1.29 is 24.2 Å². The molecule has 0 bridgehead atoms. The molecule has 0 spiro atoms. The Balaban J connectivity index is 2.06. The van der Waals surface area contributed by atoms with Gasteiger partial charge in [0.1, 0.15) is 6.23 Å². The zero-order chi connectivity index (χ0) is 11.7. The Morgan fingerprint density at radius 3 is 2.50 bits per heavy atom. The van der Waals surface area contributed by atoms with Gasteiger partial charge in [0, 0.05) is 19.3 Å². The van der Waals surface area contributed by atoms with Gasteiger partial charge >= 0.3 is 5.97 Å². The molecule has 2 saturated heterocycles. The van der Waals surface area contributed by atoms with Crippen molar-refractivity contribution in [3.05, 3.63) is 0 Å². The van der Waals surface area contributed by atoms with Gasteiger partial charge in [-0.3, -0.25) is 19.3 Å². The van der Waals surface area contributed by atoms with E-state index in [0.717, 1.165) is 4.90 Å². The molecule has 6 heteroatoms. The van der Waals surface area contributed by atoms with Gasteiger partial charge in [0.15, 0.2) is 0 Å². The Bertz CT molecular complexity index is 324. The normalized spacial score (nSPS) is 30.9. The maximum absolute atomic E-state index is 11.4. The smallest absolute Gasteiger partial charge is 0.306 e. The lowest BCUT2D eigenvalue weighted by molar-refractivity contribution is -0.167. The highest BCUT2D eigenvalue weighted by Crippen LogP contribution is 2.26. The average Bonchev–Trinajstić information content (AvgIpc) is 2.59. The van der Waals surface area contributed by atoms with Crippen LogP contribution in [0.2, 0.25) is 0 Å². The van der Waals surface area contributed by atoms with Gasteiger partial charge in [-0.2, -0.15) is 0 Å². The van der Waals surface area contributed by atoms with E-state index in [4.69, 9.17) is 9.84 Å². The van der Waals surface area contributed by atoms with Gasteiger partial charge in [0.25, 0.3) is 0 Å². The van der Waals surface area contributed by atoms with Crippen molar-refractivity contribution in [2.45, 2.75) is 31.9 Å². The minimum Gasteiger partial charge on any atom is -0.481 e. The van der Waals surface area contributed by atoms with Crippen LogP contribution in [-0.2, 0) is 19.1 Å². The van der Waals surface area contributed by atoms with Crippen LogP contribution < -0.4 is 0 Å². The summed E-state index contributed by atoms with van der Waals surface area (Å²) < 4.78 is 5.30. The lowest BCUT2D eigenvalue weighted by Crippen LogP contribution is -2.45. The second-order valence-corrected chi connectivity index (χ2v) is 4.04. The Hall–Kier alpha value is -1.43. The van der Waals surface area contributed by atoms with Crippen LogP contribution in [0.25, 0.3) is 0 Å². The molecule has 2 atom stereocenters. The van der Waals surface area contributed by atoms with Gasteiger partial charge in [-0.15, -0.1) is 0 Å². The lowest BCUT2D eigenvalue weighted by Gasteiger charge is -2.32. The first-order chi connectivity index (χ1) is 7.59. The van der Waals surface area contributed by atoms with E-state index in [1.165, 1.54) is 0 Å². The molecule has 0 radical (unpaired) electrons. The molecule has 2 aliphatic heterocycles. The highest BCUT2D eigenvalue weighted by atomic mass is 16.5. The molecule has 6 nitrogen and oxygen atoms in total. The third-order valence-corrected chi connectivity index (χ3v) is 2.99. The Labute approximate surface area is 92.2 Å². The number of rotatable bonds is 2. The van der Waals surface area contributed by atoms with Gasteiger partial charge in [0.05, 0.1) is 12.5 Å². The molecule has 0 aromatic carbocycles. The van der Waals surface area contributed by atoms with Gasteiger partial charge in [0.2, 0.25) is 11.8 Å². The van der Waals surface area contributed by atoms with E-state index in [-0.39, 0.29) is 37.7 Å². The number of hydrogen-bond donors (Lipinski definition) is 1. The maximum Gasteiger partial charge on any atom is 0.306 e. The SMILES string of the molecule is O=C(O)C1CCOC(N2C(=O)CCC2=O)C1. The second kappa shape index (κ2) is 4.21. The van der Waals surface area contributed by atoms with Crippen LogP contribution in [0.15, 0.2) is 0 Å². The topological polar surface area (TPSA) is 83.9 Å². The quantitative estimate of drug-likeness (QED) is 0.670. The average molecular weight is 227 g/mol. The molecular weight excluding hydrogens is 214 g/mol. The lowest BCUT2D eigenvalue weighted by atomic mass is 9.98. The monoisotopic (exact) mass is 227 g/mol. The number of hydrogen-bond acceptors (Lipinski definition) is 4. The highest BCUT2D eigenvalue weighted by molar-refractivity contribution is 6.02. The van der Waals surface area contributed by atoms with Crippen LogP contribution in [0.5, 0.6) is 0 Å². The number of carbonyl (C=O) groups is 3. The summed E-state index contributed by atoms with van der Waals surface area (Å²) in [5, 5.41) is 8.89. The number of aliphatic carboxylic acids is 1. The summed E-state index contributed by atoms with van der Waals surface area (Å²) in [6, 6.07) is 0. The van der Waals surface area contributed by atoms with Gasteiger partial charge in [-0.25, -0.2) is 0 Å². The van der Waals surface area contributed by atoms with Crippen molar-refractivity contribution in [2.75, 3.05) is 6.61 Å². The summed E-state index contributed by atoms with van der Waals surface area (Å²) in [4.78, 5) is 34.8. The Morgan fingerprint density at radius 1 is 1.31 bits per heavy atom. The number of likely N-dealkylation sites (tertiary alicyclic amines) is 1. The third-order valence-electron chi connectivity index (χ3n) is 2.99. The molecule has 0 aromatic heterocycles. The Kier molecular flexibility index (Phi) is 2.91. The van der Waals surface area contributed by atoms with Crippen molar-refractivity contribution >= 4 is 17.8 Å². The number of carboxylic acid groups (broad SMARTS) is 1. The molecule has 0 aliphatic carbocycles. The summed E-state index contributed by atoms with van der Waals surface area (Å²) in [5.41, 5.74) is 0. The molecule has 2 amide bonds. The van der Waals surface area contributed by atoms with E-state index < -0.39 is 18.1 Å². The van der Waals surface area contributed by atoms with Crippen LogP contribution in [-0.4, -0.2) is 40.6 Å². The first kappa shape index (κ1) is 11.1. The number of imide groups is 1. The maximum atomic E-state index is 11.4. The van der Waals surface area contributed by atoms with E-state index in [9.17, 15) is 14.4 Å². The Morgan fingerprint density at radius 2 is 1.94 bits per heavy atom. The summed E-state index contributed by atoms with van der Waals surface area (Å²) >= 11 is 0. The van der Waals surface area contributed by atoms with Crippen molar-refractivity contribution in [1.29, 1.82) is 0 Å². The minimum absolute atomic E-state index is 0.201. The number of ether oxygens (including phenoxy) is 1. The molecule has 0 aromatic rings. The molecule has 2 fully saturated rings. The van der Waals surface area contributed by atoms with Gasteiger partial charge in [-0.05, 0) is 6.42 Å². The number of carboxylic acids is 1. The largest absolute Gasteiger partial charge is 0.481 e. The summed E-state index contributed by atoms with van der Waals surface area (Å²) in [6.07, 6.45) is 0.360. The second-order valence-electron chi connectivity index (χ2n) is 4.04. The van der Waals surface area contributed by atoms with E-state index >= 15 is 0 Å². The molecule has 0 saturated carbocycles. The summed E-state index contributed by atoms with van der Waals surface area (Å²) in [7, 11) is 0. The molecule has 2 heterocycles.